The van der Waals surface area contributed by atoms with Crippen molar-refractivity contribution in [2.24, 2.45) is 5.41 Å². The topological polar surface area (TPSA) is 75.6 Å². The lowest BCUT2D eigenvalue weighted by Gasteiger charge is -2.25. The van der Waals surface area contributed by atoms with Gasteiger partial charge in [-0.25, -0.2) is 13.1 Å². The molecular formula is C16H27NO4S. The highest BCUT2D eigenvalue weighted by Crippen LogP contribution is 2.21. The summed E-state index contributed by atoms with van der Waals surface area (Å²) in [6.07, 6.45) is 0.720. The van der Waals surface area contributed by atoms with E-state index in [9.17, 15) is 13.5 Å². The fourth-order valence-corrected chi connectivity index (χ4v) is 2.83. The molecular weight excluding hydrogens is 302 g/mol. The average molecular weight is 329 g/mol. The maximum Gasteiger partial charge on any atom is 0.240 e. The van der Waals surface area contributed by atoms with Crippen LogP contribution in [0.2, 0.25) is 0 Å². The predicted molar refractivity (Wildman–Crippen MR) is 87.5 cm³/mol. The van der Waals surface area contributed by atoms with Crippen molar-refractivity contribution in [2.45, 2.75) is 51.5 Å². The molecule has 0 bridgehead atoms. The summed E-state index contributed by atoms with van der Waals surface area (Å²) in [6.45, 7) is 8.57. The maximum atomic E-state index is 12.2. The summed E-state index contributed by atoms with van der Waals surface area (Å²) in [7, 11) is -3.56. The smallest absolute Gasteiger partial charge is 0.240 e. The van der Waals surface area contributed by atoms with Crippen molar-refractivity contribution in [1.82, 2.24) is 4.72 Å². The van der Waals surface area contributed by atoms with Gasteiger partial charge in [0.25, 0.3) is 0 Å². The molecule has 2 N–H and O–H groups in total. The highest BCUT2D eigenvalue weighted by molar-refractivity contribution is 7.89. The van der Waals surface area contributed by atoms with E-state index in [0.29, 0.717) is 18.8 Å². The summed E-state index contributed by atoms with van der Waals surface area (Å²) >= 11 is 0. The molecule has 0 heterocycles. The van der Waals surface area contributed by atoms with E-state index in [1.807, 2.05) is 27.7 Å². The minimum Gasteiger partial charge on any atom is -0.494 e. The number of aliphatic hydroxyl groups is 1. The largest absolute Gasteiger partial charge is 0.494 e. The Bertz CT molecular complexity index is 547. The minimum absolute atomic E-state index is 0.196. The molecule has 0 aromatic heterocycles. The standard InChI is InChI=1S/C16H27NO4S/c1-5-12-21-13-6-8-14(9-7-13)22(19,20)17-11-10-15(18)16(2,3)4/h6-9,15,17-18H,5,10-12H2,1-4H3. The summed E-state index contributed by atoms with van der Waals surface area (Å²) in [6, 6.07) is 6.34. The van der Waals surface area contributed by atoms with Crippen LogP contribution in [-0.2, 0) is 10.0 Å². The van der Waals surface area contributed by atoms with Gasteiger partial charge in [-0.05, 0) is 42.5 Å². The highest BCUT2D eigenvalue weighted by atomic mass is 32.2. The lowest BCUT2D eigenvalue weighted by molar-refractivity contribution is 0.0571. The average Bonchev–Trinajstić information content (AvgIpc) is 2.44. The van der Waals surface area contributed by atoms with Crippen LogP contribution >= 0.6 is 0 Å². The van der Waals surface area contributed by atoms with Crippen molar-refractivity contribution in [2.75, 3.05) is 13.2 Å². The van der Waals surface area contributed by atoms with Gasteiger partial charge < -0.3 is 9.84 Å². The summed E-state index contributed by atoms with van der Waals surface area (Å²) in [5.74, 6) is 0.656. The number of benzene rings is 1. The third kappa shape index (κ3) is 5.94. The lowest BCUT2D eigenvalue weighted by atomic mass is 9.87. The Balaban J connectivity index is 2.59. The first-order chi connectivity index (χ1) is 10.2. The summed E-state index contributed by atoms with van der Waals surface area (Å²) < 4.78 is 32.2. The van der Waals surface area contributed by atoms with E-state index in [-0.39, 0.29) is 16.9 Å². The van der Waals surface area contributed by atoms with Gasteiger partial charge in [0.05, 0.1) is 17.6 Å². The number of rotatable bonds is 8. The van der Waals surface area contributed by atoms with E-state index < -0.39 is 16.1 Å². The fourth-order valence-electron chi connectivity index (χ4n) is 1.78. The Hall–Kier alpha value is -1.11. The molecule has 126 valence electrons. The van der Waals surface area contributed by atoms with Crippen LogP contribution in [0, 0.1) is 5.41 Å². The van der Waals surface area contributed by atoms with Crippen LogP contribution in [0.4, 0.5) is 0 Å². The number of aliphatic hydroxyl groups excluding tert-OH is 1. The van der Waals surface area contributed by atoms with E-state index in [4.69, 9.17) is 4.74 Å². The molecule has 22 heavy (non-hydrogen) atoms. The van der Waals surface area contributed by atoms with Crippen LogP contribution in [0.1, 0.15) is 40.5 Å². The Kier molecular flexibility index (Phi) is 6.84. The number of nitrogens with one attached hydrogen (secondary N) is 1. The van der Waals surface area contributed by atoms with E-state index >= 15 is 0 Å². The molecule has 1 unspecified atom stereocenters. The van der Waals surface area contributed by atoms with E-state index in [1.54, 1.807) is 12.1 Å². The number of hydrogen-bond donors (Lipinski definition) is 2. The first-order valence-electron chi connectivity index (χ1n) is 7.57. The quantitative estimate of drug-likeness (QED) is 0.768. The Morgan fingerprint density at radius 2 is 1.82 bits per heavy atom. The SMILES string of the molecule is CCCOc1ccc(S(=O)(=O)NCCC(O)C(C)(C)C)cc1. The third-order valence-electron chi connectivity index (χ3n) is 3.32. The van der Waals surface area contributed by atoms with Gasteiger partial charge in [-0.15, -0.1) is 0 Å². The monoisotopic (exact) mass is 329 g/mol. The molecule has 0 aliphatic rings. The summed E-state index contributed by atoms with van der Waals surface area (Å²) in [5.41, 5.74) is -0.260. The zero-order chi connectivity index (χ0) is 16.8. The van der Waals surface area contributed by atoms with E-state index in [1.165, 1.54) is 12.1 Å². The third-order valence-corrected chi connectivity index (χ3v) is 4.79. The van der Waals surface area contributed by atoms with Gasteiger partial charge in [-0.1, -0.05) is 27.7 Å². The van der Waals surface area contributed by atoms with Gasteiger partial charge in [0.15, 0.2) is 0 Å². The van der Waals surface area contributed by atoms with Crippen molar-refractivity contribution < 1.29 is 18.3 Å². The van der Waals surface area contributed by atoms with Gasteiger partial charge in [0, 0.05) is 6.54 Å². The van der Waals surface area contributed by atoms with Crippen molar-refractivity contribution in [3.05, 3.63) is 24.3 Å². The van der Waals surface area contributed by atoms with Gasteiger partial charge >= 0.3 is 0 Å². The van der Waals surface area contributed by atoms with Crippen molar-refractivity contribution in [1.29, 1.82) is 0 Å². The van der Waals surface area contributed by atoms with Crippen LogP contribution < -0.4 is 9.46 Å². The Morgan fingerprint density at radius 1 is 1.23 bits per heavy atom. The molecule has 0 aliphatic heterocycles. The molecule has 0 fully saturated rings. The van der Waals surface area contributed by atoms with E-state index in [0.717, 1.165) is 6.42 Å². The van der Waals surface area contributed by atoms with Gasteiger partial charge in [-0.2, -0.15) is 0 Å². The second-order valence-electron chi connectivity index (χ2n) is 6.39. The fraction of sp³-hybridized carbons (Fsp3) is 0.625. The molecule has 0 saturated carbocycles. The molecule has 1 rings (SSSR count). The normalized spacial score (nSPS) is 13.9. The van der Waals surface area contributed by atoms with Gasteiger partial charge in [-0.3, -0.25) is 0 Å². The number of hydrogen-bond acceptors (Lipinski definition) is 4. The van der Waals surface area contributed by atoms with E-state index in [2.05, 4.69) is 4.72 Å². The van der Waals surface area contributed by atoms with Crippen molar-refractivity contribution >= 4 is 10.0 Å². The molecule has 0 amide bonds. The number of ether oxygens (including phenoxy) is 1. The Labute approximate surface area is 133 Å². The summed E-state index contributed by atoms with van der Waals surface area (Å²) in [4.78, 5) is 0.196. The van der Waals surface area contributed by atoms with Crippen LogP contribution in [0.25, 0.3) is 0 Å². The molecule has 1 atom stereocenters. The molecule has 0 saturated heterocycles. The molecule has 0 aliphatic carbocycles. The molecule has 1 aromatic rings. The second-order valence-corrected chi connectivity index (χ2v) is 8.16. The lowest BCUT2D eigenvalue weighted by Crippen LogP contribution is -2.32. The van der Waals surface area contributed by atoms with Crippen LogP contribution in [0.5, 0.6) is 5.75 Å². The minimum atomic E-state index is -3.56. The first-order valence-corrected chi connectivity index (χ1v) is 9.05. The van der Waals surface area contributed by atoms with Gasteiger partial charge in [0.2, 0.25) is 10.0 Å². The molecule has 6 heteroatoms. The van der Waals surface area contributed by atoms with Crippen LogP contribution in [0.3, 0.4) is 0 Å². The van der Waals surface area contributed by atoms with Crippen molar-refractivity contribution in [3.8, 4) is 5.75 Å². The van der Waals surface area contributed by atoms with Gasteiger partial charge in [0.1, 0.15) is 5.75 Å². The molecule has 1 aromatic carbocycles. The van der Waals surface area contributed by atoms with Crippen molar-refractivity contribution in [3.63, 3.8) is 0 Å². The Morgan fingerprint density at radius 3 is 2.32 bits per heavy atom. The first kappa shape index (κ1) is 18.9. The predicted octanol–water partition coefficient (Wildman–Crippen LogP) is 2.55. The number of sulfonamides is 1. The zero-order valence-corrected chi connectivity index (χ0v) is 14.6. The van der Waals surface area contributed by atoms with Crippen LogP contribution in [-0.4, -0.2) is 32.8 Å². The highest BCUT2D eigenvalue weighted by Gasteiger charge is 2.22. The zero-order valence-electron chi connectivity index (χ0n) is 13.8. The summed E-state index contributed by atoms with van der Waals surface area (Å²) in [5, 5.41) is 9.92. The maximum absolute atomic E-state index is 12.2. The second kappa shape index (κ2) is 7.94. The van der Waals surface area contributed by atoms with Crippen LogP contribution in [0.15, 0.2) is 29.2 Å². The molecule has 0 radical (unpaired) electrons. The molecule has 5 nitrogen and oxygen atoms in total. The molecule has 0 spiro atoms.